The zero-order chi connectivity index (χ0) is 19.6. The topological polar surface area (TPSA) is 12.9 Å². The van der Waals surface area contributed by atoms with E-state index in [1.807, 2.05) is 12.3 Å². The van der Waals surface area contributed by atoms with Gasteiger partial charge in [0, 0.05) is 17.0 Å². The minimum Gasteiger partial charge on any atom is -0.256 e. The van der Waals surface area contributed by atoms with E-state index in [2.05, 4.69) is 97.7 Å². The Kier molecular flexibility index (Phi) is 3.29. The Balaban J connectivity index is 1.55. The fraction of sp³-hybridized carbons (Fsp3) is 0.107. The maximum Gasteiger partial charge on any atom is 0.0705 e. The first-order valence-corrected chi connectivity index (χ1v) is 10.1. The van der Waals surface area contributed by atoms with E-state index in [9.17, 15) is 0 Å². The molecule has 0 saturated heterocycles. The van der Waals surface area contributed by atoms with E-state index in [0.717, 1.165) is 5.52 Å². The van der Waals surface area contributed by atoms with Crippen molar-refractivity contribution in [3.63, 3.8) is 0 Å². The molecule has 138 valence electrons. The summed E-state index contributed by atoms with van der Waals surface area (Å²) in [5.74, 6) is 0. The van der Waals surface area contributed by atoms with E-state index in [-0.39, 0.29) is 5.41 Å². The van der Waals surface area contributed by atoms with E-state index >= 15 is 0 Å². The van der Waals surface area contributed by atoms with E-state index < -0.39 is 0 Å². The van der Waals surface area contributed by atoms with Crippen molar-refractivity contribution in [1.82, 2.24) is 4.98 Å². The van der Waals surface area contributed by atoms with Crippen molar-refractivity contribution in [2.24, 2.45) is 0 Å². The molecule has 6 rings (SSSR count). The Labute approximate surface area is 170 Å². The first-order chi connectivity index (χ1) is 14.1. The van der Waals surface area contributed by atoms with Crippen molar-refractivity contribution in [3.8, 4) is 22.3 Å². The first kappa shape index (κ1) is 16.5. The Morgan fingerprint density at radius 1 is 0.586 bits per heavy atom. The number of nitrogens with zero attached hydrogens (tertiary/aromatic N) is 1. The molecule has 0 N–H and O–H groups in total. The van der Waals surface area contributed by atoms with Gasteiger partial charge in [-0.1, -0.05) is 68.4 Å². The lowest BCUT2D eigenvalue weighted by molar-refractivity contribution is 0.661. The molecule has 0 saturated carbocycles. The highest BCUT2D eigenvalue weighted by Crippen LogP contribution is 2.50. The zero-order valence-electron chi connectivity index (χ0n) is 16.6. The Morgan fingerprint density at radius 2 is 1.31 bits per heavy atom. The molecule has 0 amide bonds. The van der Waals surface area contributed by atoms with Gasteiger partial charge in [-0.2, -0.15) is 0 Å². The highest BCUT2D eigenvalue weighted by Gasteiger charge is 2.36. The van der Waals surface area contributed by atoms with Gasteiger partial charge < -0.3 is 0 Å². The number of hydrogen-bond donors (Lipinski definition) is 0. The van der Waals surface area contributed by atoms with E-state index in [4.69, 9.17) is 0 Å². The van der Waals surface area contributed by atoms with Gasteiger partial charge in [-0.15, -0.1) is 0 Å². The predicted octanol–water partition coefficient (Wildman–Crippen LogP) is 7.36. The van der Waals surface area contributed by atoms with Crippen molar-refractivity contribution in [3.05, 3.63) is 102 Å². The van der Waals surface area contributed by atoms with Gasteiger partial charge >= 0.3 is 0 Å². The highest BCUT2D eigenvalue weighted by atomic mass is 14.6. The summed E-state index contributed by atoms with van der Waals surface area (Å²) in [4.78, 5) is 4.58. The molecule has 29 heavy (non-hydrogen) atoms. The maximum absolute atomic E-state index is 4.58. The van der Waals surface area contributed by atoms with Crippen LogP contribution in [0.15, 0.2) is 91.1 Å². The average Bonchev–Trinajstić information content (AvgIpc) is 2.98. The summed E-state index contributed by atoms with van der Waals surface area (Å²) in [5, 5.41) is 3.77. The number of aromatic nitrogens is 1. The van der Waals surface area contributed by atoms with Gasteiger partial charge in [0.25, 0.3) is 0 Å². The Morgan fingerprint density at radius 3 is 2.21 bits per heavy atom. The molecule has 0 aliphatic heterocycles. The standard InChI is InChI=1S/C28H21N/c1-28(2)25-16-21(20-10-9-18-6-3-4-7-19(18)14-20)11-12-23(25)24-15-22-8-5-13-29-27(22)17-26(24)28/h3-17H,1-2H3. The van der Waals surface area contributed by atoms with Crippen LogP contribution in [0.25, 0.3) is 43.9 Å². The molecule has 0 unspecified atom stereocenters. The summed E-state index contributed by atoms with van der Waals surface area (Å²) in [7, 11) is 0. The second-order valence-electron chi connectivity index (χ2n) is 8.54. The smallest absolute Gasteiger partial charge is 0.0705 e. The average molecular weight is 371 g/mol. The molecule has 4 aromatic carbocycles. The lowest BCUT2D eigenvalue weighted by atomic mass is 9.81. The molecule has 0 fully saturated rings. The second kappa shape index (κ2) is 5.78. The maximum atomic E-state index is 4.58. The van der Waals surface area contributed by atoms with Gasteiger partial charge in [0.2, 0.25) is 0 Å². The molecular formula is C28H21N. The van der Waals surface area contributed by atoms with Crippen LogP contribution in [-0.2, 0) is 5.41 Å². The molecule has 1 aliphatic rings. The highest BCUT2D eigenvalue weighted by molar-refractivity contribution is 5.93. The van der Waals surface area contributed by atoms with Crippen LogP contribution in [0.5, 0.6) is 0 Å². The monoisotopic (exact) mass is 371 g/mol. The van der Waals surface area contributed by atoms with Gasteiger partial charge in [0.15, 0.2) is 0 Å². The van der Waals surface area contributed by atoms with E-state index in [1.165, 1.54) is 49.5 Å². The van der Waals surface area contributed by atoms with Crippen LogP contribution in [0.3, 0.4) is 0 Å². The molecular weight excluding hydrogens is 350 g/mol. The molecule has 1 nitrogen and oxygen atoms in total. The molecule has 0 radical (unpaired) electrons. The summed E-state index contributed by atoms with van der Waals surface area (Å²) in [5.41, 5.74) is 9.03. The molecule has 5 aromatic rings. The summed E-state index contributed by atoms with van der Waals surface area (Å²) in [6.07, 6.45) is 1.88. The molecule has 1 heteroatoms. The lowest BCUT2D eigenvalue weighted by Crippen LogP contribution is -2.15. The second-order valence-corrected chi connectivity index (χ2v) is 8.54. The van der Waals surface area contributed by atoms with Crippen molar-refractivity contribution in [2.75, 3.05) is 0 Å². The summed E-state index contributed by atoms with van der Waals surface area (Å²) < 4.78 is 0. The van der Waals surface area contributed by atoms with Crippen LogP contribution in [0.4, 0.5) is 0 Å². The Hall–Kier alpha value is -3.45. The van der Waals surface area contributed by atoms with Crippen LogP contribution < -0.4 is 0 Å². The summed E-state index contributed by atoms with van der Waals surface area (Å²) in [6, 6.07) is 31.0. The van der Waals surface area contributed by atoms with Crippen molar-refractivity contribution in [1.29, 1.82) is 0 Å². The number of benzene rings is 4. The minimum atomic E-state index is -0.0385. The largest absolute Gasteiger partial charge is 0.256 e. The van der Waals surface area contributed by atoms with Crippen molar-refractivity contribution in [2.45, 2.75) is 19.3 Å². The fourth-order valence-electron chi connectivity index (χ4n) is 4.85. The van der Waals surface area contributed by atoms with E-state index in [0.29, 0.717) is 0 Å². The van der Waals surface area contributed by atoms with Crippen molar-refractivity contribution >= 4 is 21.7 Å². The van der Waals surface area contributed by atoms with Crippen LogP contribution in [0.1, 0.15) is 25.0 Å². The third-order valence-electron chi connectivity index (χ3n) is 6.48. The minimum absolute atomic E-state index is 0.0385. The number of hydrogen-bond acceptors (Lipinski definition) is 1. The molecule has 1 aliphatic carbocycles. The van der Waals surface area contributed by atoms with Crippen molar-refractivity contribution < 1.29 is 0 Å². The van der Waals surface area contributed by atoms with Gasteiger partial charge in [-0.05, 0) is 74.5 Å². The predicted molar refractivity (Wildman–Crippen MR) is 122 cm³/mol. The lowest BCUT2D eigenvalue weighted by Gasteiger charge is -2.22. The SMILES string of the molecule is CC1(C)c2cc(-c3ccc4ccccc4c3)ccc2-c2cc3cccnc3cc21. The molecule has 1 heterocycles. The van der Waals surface area contributed by atoms with Crippen LogP contribution in [0.2, 0.25) is 0 Å². The first-order valence-electron chi connectivity index (χ1n) is 10.1. The molecule has 0 atom stereocenters. The molecule has 0 bridgehead atoms. The van der Waals surface area contributed by atoms with Gasteiger partial charge in [0.1, 0.15) is 0 Å². The zero-order valence-corrected chi connectivity index (χ0v) is 16.6. The van der Waals surface area contributed by atoms with Gasteiger partial charge in [-0.25, -0.2) is 0 Å². The third-order valence-corrected chi connectivity index (χ3v) is 6.48. The quantitative estimate of drug-likeness (QED) is 0.300. The fourth-order valence-corrected chi connectivity index (χ4v) is 4.85. The van der Waals surface area contributed by atoms with Crippen LogP contribution in [0, 0.1) is 0 Å². The Bertz CT molecular complexity index is 1430. The van der Waals surface area contributed by atoms with Crippen LogP contribution in [-0.4, -0.2) is 4.98 Å². The van der Waals surface area contributed by atoms with Gasteiger partial charge in [-0.3, -0.25) is 4.98 Å². The van der Waals surface area contributed by atoms with E-state index in [1.54, 1.807) is 0 Å². The number of pyridine rings is 1. The number of fused-ring (bicyclic) bond motifs is 5. The molecule has 0 spiro atoms. The summed E-state index contributed by atoms with van der Waals surface area (Å²) in [6.45, 7) is 4.66. The van der Waals surface area contributed by atoms with Crippen LogP contribution >= 0.6 is 0 Å². The van der Waals surface area contributed by atoms with Gasteiger partial charge in [0.05, 0.1) is 5.52 Å². The molecule has 1 aromatic heterocycles. The third kappa shape index (κ3) is 2.37. The summed E-state index contributed by atoms with van der Waals surface area (Å²) >= 11 is 0. The normalized spacial score (nSPS) is 14.1. The number of rotatable bonds is 1.